The molecule has 1 aliphatic heterocycles. The van der Waals surface area contributed by atoms with Gasteiger partial charge >= 0.3 is 0 Å². The first kappa shape index (κ1) is 19.3. The summed E-state index contributed by atoms with van der Waals surface area (Å²) < 4.78 is 0. The molecule has 3 aromatic rings. The second-order valence-corrected chi connectivity index (χ2v) is 7.82. The Hall–Kier alpha value is -2.98. The molecule has 4 rings (SSSR count). The van der Waals surface area contributed by atoms with E-state index >= 15 is 0 Å². The van der Waals surface area contributed by atoms with Crippen LogP contribution in [0, 0.1) is 5.92 Å². The van der Waals surface area contributed by atoms with E-state index in [-0.39, 0.29) is 11.8 Å². The number of benzene rings is 2. The topological polar surface area (TPSA) is 36.4 Å². The third-order valence-electron chi connectivity index (χ3n) is 5.64. The molecule has 0 radical (unpaired) electrons. The van der Waals surface area contributed by atoms with Crippen molar-refractivity contribution in [3.8, 4) is 11.1 Å². The van der Waals surface area contributed by atoms with Crippen LogP contribution in [-0.2, 0) is 17.8 Å². The predicted octanol–water partition coefficient (Wildman–Crippen LogP) is 3.88. The lowest BCUT2D eigenvalue weighted by Crippen LogP contribution is -2.34. The highest BCUT2D eigenvalue weighted by atomic mass is 16.2. The fourth-order valence-electron chi connectivity index (χ4n) is 3.98. The quantitative estimate of drug-likeness (QED) is 0.669. The van der Waals surface area contributed by atoms with E-state index in [0.717, 1.165) is 43.7 Å². The maximum Gasteiger partial charge on any atom is 0.227 e. The average Bonchev–Trinajstić information content (AvgIpc) is 2.90. The molecule has 29 heavy (non-hydrogen) atoms. The molecule has 0 saturated carbocycles. The monoisotopic (exact) mass is 385 g/mol. The molecule has 1 saturated heterocycles. The lowest BCUT2D eigenvalue weighted by atomic mass is 9.96. The summed E-state index contributed by atoms with van der Waals surface area (Å²) in [5.74, 6) is 0.229. The maximum atomic E-state index is 12.9. The van der Waals surface area contributed by atoms with Gasteiger partial charge in [0.2, 0.25) is 5.91 Å². The van der Waals surface area contributed by atoms with Crippen LogP contribution in [0.2, 0.25) is 0 Å². The van der Waals surface area contributed by atoms with E-state index in [1.54, 1.807) is 6.20 Å². The summed E-state index contributed by atoms with van der Waals surface area (Å²) in [4.78, 5) is 21.4. The van der Waals surface area contributed by atoms with Crippen molar-refractivity contribution < 1.29 is 4.79 Å². The Balaban J connectivity index is 1.47. The summed E-state index contributed by atoms with van der Waals surface area (Å²) in [5.41, 5.74) is 4.75. The molecule has 0 spiro atoms. The minimum Gasteiger partial charge on any atom is -0.344 e. The standard InChI is InChI=1S/C25H27N3O/c1-27-14-15-28(18-21-6-3-2-4-7-21)19-24(25(27)29)16-20-9-11-22(12-10-20)23-8-5-13-26-17-23/h2-13,17,24H,14-16,18-19H2,1H3. The molecule has 1 unspecified atom stereocenters. The minimum atomic E-state index is -0.0181. The normalized spacial score (nSPS) is 17.9. The first-order chi connectivity index (χ1) is 14.2. The Morgan fingerprint density at radius 2 is 1.69 bits per heavy atom. The summed E-state index contributed by atoms with van der Waals surface area (Å²) in [7, 11) is 1.92. The molecular formula is C25H27N3O. The van der Waals surface area contributed by atoms with Crippen LogP contribution in [0.4, 0.5) is 0 Å². The van der Waals surface area contributed by atoms with Gasteiger partial charge in [0.1, 0.15) is 0 Å². The fraction of sp³-hybridized carbons (Fsp3) is 0.280. The van der Waals surface area contributed by atoms with Gasteiger partial charge in [-0.05, 0) is 34.7 Å². The SMILES string of the molecule is CN1CCN(Cc2ccccc2)CC(Cc2ccc(-c3cccnc3)cc2)C1=O. The number of aromatic nitrogens is 1. The van der Waals surface area contributed by atoms with Gasteiger partial charge < -0.3 is 4.90 Å². The largest absolute Gasteiger partial charge is 0.344 e. The number of carbonyl (C=O) groups excluding carboxylic acids is 1. The van der Waals surface area contributed by atoms with Gasteiger partial charge in [-0.15, -0.1) is 0 Å². The fourth-order valence-corrected chi connectivity index (χ4v) is 3.98. The number of hydrogen-bond acceptors (Lipinski definition) is 3. The van der Waals surface area contributed by atoms with Crippen LogP contribution in [0.5, 0.6) is 0 Å². The molecule has 2 heterocycles. The first-order valence-electron chi connectivity index (χ1n) is 10.2. The van der Waals surface area contributed by atoms with Crippen molar-refractivity contribution >= 4 is 5.91 Å². The number of likely N-dealkylation sites (N-methyl/N-ethyl adjacent to an activating group) is 1. The third kappa shape index (κ3) is 4.90. The molecule has 1 aliphatic rings. The van der Waals surface area contributed by atoms with Gasteiger partial charge in [0.25, 0.3) is 0 Å². The number of hydrogen-bond donors (Lipinski definition) is 0. The van der Waals surface area contributed by atoms with Gasteiger partial charge in [0, 0.05) is 45.6 Å². The second kappa shape index (κ2) is 9.01. The average molecular weight is 386 g/mol. The second-order valence-electron chi connectivity index (χ2n) is 7.82. The molecule has 0 N–H and O–H groups in total. The van der Waals surface area contributed by atoms with Crippen LogP contribution < -0.4 is 0 Å². The smallest absolute Gasteiger partial charge is 0.227 e. The van der Waals surface area contributed by atoms with E-state index in [2.05, 4.69) is 64.5 Å². The van der Waals surface area contributed by atoms with E-state index in [1.165, 1.54) is 11.1 Å². The molecule has 1 fully saturated rings. The maximum absolute atomic E-state index is 12.9. The van der Waals surface area contributed by atoms with Gasteiger partial charge in [0.05, 0.1) is 5.92 Å². The molecular weight excluding hydrogens is 358 g/mol. The summed E-state index contributed by atoms with van der Waals surface area (Å²) in [6, 6.07) is 23.0. The number of amides is 1. The van der Waals surface area contributed by atoms with Crippen molar-refractivity contribution in [1.29, 1.82) is 0 Å². The summed E-state index contributed by atoms with van der Waals surface area (Å²) in [5, 5.41) is 0. The molecule has 1 atom stereocenters. The summed E-state index contributed by atoms with van der Waals surface area (Å²) >= 11 is 0. The van der Waals surface area contributed by atoms with Gasteiger partial charge in [0.15, 0.2) is 0 Å². The Bertz CT molecular complexity index is 925. The molecule has 148 valence electrons. The van der Waals surface area contributed by atoms with Crippen molar-refractivity contribution in [3.63, 3.8) is 0 Å². The van der Waals surface area contributed by atoms with E-state index in [4.69, 9.17) is 0 Å². The Morgan fingerprint density at radius 3 is 2.41 bits per heavy atom. The van der Waals surface area contributed by atoms with Gasteiger partial charge in [-0.2, -0.15) is 0 Å². The van der Waals surface area contributed by atoms with Crippen LogP contribution in [-0.4, -0.2) is 47.4 Å². The van der Waals surface area contributed by atoms with Crippen LogP contribution in [0.15, 0.2) is 79.1 Å². The number of carbonyl (C=O) groups is 1. The van der Waals surface area contributed by atoms with Crippen LogP contribution in [0.3, 0.4) is 0 Å². The zero-order chi connectivity index (χ0) is 20.1. The summed E-state index contributed by atoms with van der Waals surface area (Å²) in [6.45, 7) is 3.37. The van der Waals surface area contributed by atoms with Crippen molar-refractivity contribution in [2.75, 3.05) is 26.7 Å². The zero-order valence-electron chi connectivity index (χ0n) is 16.9. The summed E-state index contributed by atoms with van der Waals surface area (Å²) in [6.07, 6.45) is 4.43. The highest BCUT2D eigenvalue weighted by Gasteiger charge is 2.28. The van der Waals surface area contributed by atoms with E-state index in [9.17, 15) is 4.79 Å². The Kier molecular flexibility index (Phi) is 6.01. The predicted molar refractivity (Wildman–Crippen MR) is 116 cm³/mol. The molecule has 1 amide bonds. The highest BCUT2D eigenvalue weighted by Crippen LogP contribution is 2.22. The van der Waals surface area contributed by atoms with Gasteiger partial charge in [-0.25, -0.2) is 0 Å². The van der Waals surface area contributed by atoms with Crippen molar-refractivity contribution in [2.45, 2.75) is 13.0 Å². The molecule has 0 aliphatic carbocycles. The number of nitrogens with zero attached hydrogens (tertiary/aromatic N) is 3. The van der Waals surface area contributed by atoms with Crippen molar-refractivity contribution in [1.82, 2.24) is 14.8 Å². The lowest BCUT2D eigenvalue weighted by Gasteiger charge is -2.23. The van der Waals surface area contributed by atoms with E-state index < -0.39 is 0 Å². The molecule has 0 bridgehead atoms. The molecule has 1 aromatic heterocycles. The van der Waals surface area contributed by atoms with Crippen molar-refractivity contribution in [2.24, 2.45) is 5.92 Å². The Morgan fingerprint density at radius 1 is 0.897 bits per heavy atom. The molecule has 2 aromatic carbocycles. The number of pyridine rings is 1. The lowest BCUT2D eigenvalue weighted by molar-refractivity contribution is -0.133. The minimum absolute atomic E-state index is 0.0181. The van der Waals surface area contributed by atoms with Crippen molar-refractivity contribution in [3.05, 3.63) is 90.3 Å². The van der Waals surface area contributed by atoms with Crippen LogP contribution in [0.1, 0.15) is 11.1 Å². The third-order valence-corrected chi connectivity index (χ3v) is 5.64. The molecule has 4 heteroatoms. The van der Waals surface area contributed by atoms with Crippen LogP contribution in [0.25, 0.3) is 11.1 Å². The van der Waals surface area contributed by atoms with Crippen LogP contribution >= 0.6 is 0 Å². The molecule has 4 nitrogen and oxygen atoms in total. The number of rotatable bonds is 5. The van der Waals surface area contributed by atoms with E-state index in [0.29, 0.717) is 0 Å². The zero-order valence-corrected chi connectivity index (χ0v) is 16.9. The van der Waals surface area contributed by atoms with Gasteiger partial charge in [-0.1, -0.05) is 60.7 Å². The highest BCUT2D eigenvalue weighted by molar-refractivity contribution is 5.79. The van der Waals surface area contributed by atoms with E-state index in [1.807, 2.05) is 30.3 Å². The Labute approximate surface area is 172 Å². The first-order valence-corrected chi connectivity index (χ1v) is 10.2. The van der Waals surface area contributed by atoms with Gasteiger partial charge in [-0.3, -0.25) is 14.7 Å².